The molecule has 122 valence electrons. The van der Waals surface area contributed by atoms with Gasteiger partial charge in [0.05, 0.1) is 10.6 Å². The van der Waals surface area contributed by atoms with Crippen LogP contribution >= 0.6 is 11.3 Å². The van der Waals surface area contributed by atoms with Gasteiger partial charge in [-0.2, -0.15) is 0 Å². The molecule has 0 spiro atoms. The van der Waals surface area contributed by atoms with Crippen molar-refractivity contribution in [2.24, 2.45) is 0 Å². The van der Waals surface area contributed by atoms with Crippen LogP contribution in [0.4, 0.5) is 0 Å². The molecule has 4 rings (SSSR count). The maximum Gasteiger partial charge on any atom is 0.197 e. The molecule has 0 aliphatic carbocycles. The number of aryl methyl sites for hydroxylation is 1. The number of hydrogen-bond acceptors (Lipinski definition) is 4. The van der Waals surface area contributed by atoms with Crippen LogP contribution in [-0.2, 0) is 0 Å². The molecule has 2 heterocycles. The van der Waals surface area contributed by atoms with Crippen LogP contribution < -0.4 is 0 Å². The zero-order valence-corrected chi connectivity index (χ0v) is 14.4. The van der Waals surface area contributed by atoms with Crippen molar-refractivity contribution in [2.75, 3.05) is 0 Å². The minimum absolute atomic E-state index is 0.0577. The number of nitrogens with zero attached hydrogens (tertiary/aromatic N) is 1. The maximum atomic E-state index is 12.5. The topological polar surface area (TPSA) is 43.1 Å². The molecule has 0 N–H and O–H groups in total. The second kappa shape index (κ2) is 6.49. The molecule has 0 radical (unpaired) electrons. The zero-order chi connectivity index (χ0) is 17.2. The Morgan fingerprint density at radius 1 is 1.08 bits per heavy atom. The van der Waals surface area contributed by atoms with Crippen molar-refractivity contribution in [1.29, 1.82) is 0 Å². The summed E-state index contributed by atoms with van der Waals surface area (Å²) in [4.78, 5) is 17.7. The molecule has 0 atom stereocenters. The molecule has 4 heteroatoms. The van der Waals surface area contributed by atoms with E-state index < -0.39 is 0 Å². The zero-order valence-electron chi connectivity index (χ0n) is 13.6. The fraction of sp³-hybridized carbons (Fsp3) is 0.0476. The molecule has 0 amide bonds. The number of rotatable bonds is 4. The van der Waals surface area contributed by atoms with Gasteiger partial charge in [0.2, 0.25) is 0 Å². The Hall–Kier alpha value is -2.98. The lowest BCUT2D eigenvalue weighted by Gasteiger charge is -1.92. The minimum Gasteiger partial charge on any atom is -0.457 e. The lowest BCUT2D eigenvalue weighted by molar-refractivity contribution is 0.105. The molecular weight excluding hydrogens is 330 g/mol. The molecule has 0 unspecified atom stereocenters. The van der Waals surface area contributed by atoms with E-state index in [0.29, 0.717) is 10.6 Å². The van der Waals surface area contributed by atoms with Gasteiger partial charge in [-0.1, -0.05) is 48.5 Å². The summed E-state index contributed by atoms with van der Waals surface area (Å²) in [7, 11) is 0. The number of benzene rings is 2. The summed E-state index contributed by atoms with van der Waals surface area (Å²) in [5, 5.41) is 1.88. The van der Waals surface area contributed by atoms with Crippen LogP contribution in [-0.4, -0.2) is 10.8 Å². The highest BCUT2D eigenvalue weighted by Gasteiger charge is 2.14. The number of carbonyl (C=O) groups is 1. The molecule has 25 heavy (non-hydrogen) atoms. The highest BCUT2D eigenvalue weighted by molar-refractivity contribution is 7.17. The fourth-order valence-electron chi connectivity index (χ4n) is 2.65. The average Bonchev–Trinajstić information content (AvgIpc) is 3.23. The van der Waals surface area contributed by atoms with E-state index in [0.717, 1.165) is 27.2 Å². The Morgan fingerprint density at radius 3 is 2.64 bits per heavy atom. The van der Waals surface area contributed by atoms with E-state index in [1.165, 1.54) is 11.3 Å². The largest absolute Gasteiger partial charge is 0.457 e. The lowest BCUT2D eigenvalue weighted by atomic mass is 10.2. The number of carbonyl (C=O) groups excluding carboxylic acids is 1. The second-order valence-electron chi connectivity index (χ2n) is 5.68. The predicted octanol–water partition coefficient (Wildman–Crippen LogP) is 5.76. The first-order valence-corrected chi connectivity index (χ1v) is 8.76. The van der Waals surface area contributed by atoms with Crippen molar-refractivity contribution in [3.8, 4) is 10.6 Å². The van der Waals surface area contributed by atoms with Gasteiger partial charge in [0.15, 0.2) is 5.78 Å². The Kier molecular flexibility index (Phi) is 4.04. The van der Waals surface area contributed by atoms with Crippen LogP contribution in [0.15, 0.2) is 71.2 Å². The number of para-hydroxylation sites is 1. The van der Waals surface area contributed by atoms with Gasteiger partial charge in [-0.15, -0.1) is 11.3 Å². The molecule has 4 aromatic rings. The van der Waals surface area contributed by atoms with Gasteiger partial charge in [0, 0.05) is 10.9 Å². The second-order valence-corrected chi connectivity index (χ2v) is 6.68. The van der Waals surface area contributed by atoms with Gasteiger partial charge in [-0.25, -0.2) is 4.98 Å². The number of thiazole rings is 1. The third kappa shape index (κ3) is 3.16. The molecule has 0 bridgehead atoms. The van der Waals surface area contributed by atoms with Crippen molar-refractivity contribution in [3.63, 3.8) is 0 Å². The predicted molar refractivity (Wildman–Crippen MR) is 102 cm³/mol. The van der Waals surface area contributed by atoms with Crippen LogP contribution in [0.1, 0.15) is 21.1 Å². The van der Waals surface area contributed by atoms with Crippen LogP contribution in [0.5, 0.6) is 0 Å². The van der Waals surface area contributed by atoms with Crippen molar-refractivity contribution in [1.82, 2.24) is 4.98 Å². The molecule has 0 aliphatic rings. The Labute approximate surface area is 149 Å². The van der Waals surface area contributed by atoms with E-state index in [1.807, 2.05) is 67.6 Å². The summed E-state index contributed by atoms with van der Waals surface area (Å²) in [5.74, 6) is 0.609. The van der Waals surface area contributed by atoms with Gasteiger partial charge < -0.3 is 4.42 Å². The van der Waals surface area contributed by atoms with Crippen molar-refractivity contribution >= 4 is 34.2 Å². The SMILES string of the molecule is Cc1nc(-c2ccccc2)sc1C(=O)/C=C/c1cc2ccccc2o1. The first kappa shape index (κ1) is 15.5. The number of ketones is 1. The van der Waals surface area contributed by atoms with Gasteiger partial charge >= 0.3 is 0 Å². The minimum atomic E-state index is -0.0577. The molecule has 2 aromatic carbocycles. The van der Waals surface area contributed by atoms with Crippen molar-refractivity contribution < 1.29 is 9.21 Å². The van der Waals surface area contributed by atoms with Crippen molar-refractivity contribution in [2.45, 2.75) is 6.92 Å². The molecule has 3 nitrogen and oxygen atoms in total. The summed E-state index contributed by atoms with van der Waals surface area (Å²) in [6.07, 6.45) is 3.26. The number of allylic oxidation sites excluding steroid dienone is 1. The van der Waals surface area contributed by atoms with E-state index >= 15 is 0 Å². The Balaban J connectivity index is 1.59. The molecular formula is C21H15NO2S. The van der Waals surface area contributed by atoms with E-state index in [1.54, 1.807) is 12.2 Å². The normalized spacial score (nSPS) is 11.4. The summed E-state index contributed by atoms with van der Waals surface area (Å²) in [6, 6.07) is 19.6. The van der Waals surface area contributed by atoms with Crippen molar-refractivity contribution in [3.05, 3.63) is 83.1 Å². The summed E-state index contributed by atoms with van der Waals surface area (Å²) in [5.41, 5.74) is 2.59. The first-order chi connectivity index (χ1) is 12.2. The maximum absolute atomic E-state index is 12.5. The van der Waals surface area contributed by atoms with Crippen LogP contribution in [0.2, 0.25) is 0 Å². The van der Waals surface area contributed by atoms with Crippen LogP contribution in [0.3, 0.4) is 0 Å². The fourth-order valence-corrected chi connectivity index (χ4v) is 3.64. The number of hydrogen-bond donors (Lipinski definition) is 0. The van der Waals surface area contributed by atoms with Gasteiger partial charge in [-0.05, 0) is 31.2 Å². The first-order valence-electron chi connectivity index (χ1n) is 7.94. The van der Waals surface area contributed by atoms with E-state index in [-0.39, 0.29) is 5.78 Å². The highest BCUT2D eigenvalue weighted by atomic mass is 32.1. The van der Waals surface area contributed by atoms with E-state index in [9.17, 15) is 4.79 Å². The summed E-state index contributed by atoms with van der Waals surface area (Å²) in [6.45, 7) is 1.87. The number of furan rings is 1. The molecule has 0 aliphatic heterocycles. The van der Waals surface area contributed by atoms with Crippen LogP contribution in [0.25, 0.3) is 27.6 Å². The lowest BCUT2D eigenvalue weighted by Crippen LogP contribution is -1.92. The molecule has 0 saturated carbocycles. The van der Waals surface area contributed by atoms with Gasteiger partial charge in [-0.3, -0.25) is 4.79 Å². The van der Waals surface area contributed by atoms with E-state index in [4.69, 9.17) is 4.42 Å². The smallest absolute Gasteiger partial charge is 0.197 e. The third-order valence-electron chi connectivity index (χ3n) is 3.88. The Bertz CT molecular complexity index is 1040. The van der Waals surface area contributed by atoms with E-state index in [2.05, 4.69) is 4.98 Å². The number of aromatic nitrogens is 1. The molecule has 0 saturated heterocycles. The molecule has 2 aromatic heterocycles. The molecule has 0 fully saturated rings. The quantitative estimate of drug-likeness (QED) is 0.349. The average molecular weight is 345 g/mol. The summed E-state index contributed by atoms with van der Waals surface area (Å²) < 4.78 is 5.71. The summed E-state index contributed by atoms with van der Waals surface area (Å²) >= 11 is 1.42. The number of fused-ring (bicyclic) bond motifs is 1. The van der Waals surface area contributed by atoms with Gasteiger partial charge in [0.25, 0.3) is 0 Å². The standard InChI is InChI=1S/C21H15NO2S/c1-14-20(25-21(22-14)15-7-3-2-4-8-15)18(23)12-11-17-13-16-9-5-6-10-19(16)24-17/h2-13H,1H3/b12-11+. The van der Waals surface area contributed by atoms with Gasteiger partial charge in [0.1, 0.15) is 16.4 Å². The van der Waals surface area contributed by atoms with Crippen LogP contribution in [0, 0.1) is 6.92 Å². The highest BCUT2D eigenvalue weighted by Crippen LogP contribution is 2.28. The Morgan fingerprint density at radius 2 is 1.84 bits per heavy atom. The monoisotopic (exact) mass is 345 g/mol. The third-order valence-corrected chi connectivity index (χ3v) is 5.11.